The van der Waals surface area contributed by atoms with Crippen LogP contribution in [0.5, 0.6) is 11.6 Å². The number of anilines is 1. The Morgan fingerprint density at radius 3 is 2.60 bits per heavy atom. The van der Waals surface area contributed by atoms with E-state index in [1.165, 1.54) is 0 Å². The number of rotatable bonds is 6. The van der Waals surface area contributed by atoms with Crippen molar-refractivity contribution in [1.29, 1.82) is 0 Å². The zero-order valence-electron chi connectivity index (χ0n) is 13.7. The number of amides is 1. The number of aromatic nitrogens is 2. The first kappa shape index (κ1) is 16.4. The van der Waals surface area contributed by atoms with Crippen LogP contribution in [0, 0.1) is 0 Å². The van der Waals surface area contributed by atoms with Gasteiger partial charge in [-0.15, -0.1) is 0 Å². The normalized spacial score (nSPS) is 10.3. The second kappa shape index (κ2) is 7.44. The van der Waals surface area contributed by atoms with Gasteiger partial charge in [-0.3, -0.25) is 4.79 Å². The molecule has 1 N–H and O–H groups in total. The van der Waals surface area contributed by atoms with Crippen molar-refractivity contribution in [1.82, 2.24) is 9.97 Å². The van der Waals surface area contributed by atoms with Gasteiger partial charge in [0.15, 0.2) is 5.65 Å². The van der Waals surface area contributed by atoms with E-state index in [1.54, 1.807) is 49.6 Å². The second-order valence-corrected chi connectivity index (χ2v) is 5.18. The topological polar surface area (TPSA) is 73.3 Å². The van der Waals surface area contributed by atoms with Crippen LogP contribution < -0.4 is 14.8 Å². The van der Waals surface area contributed by atoms with Gasteiger partial charge in [0, 0.05) is 17.0 Å². The van der Waals surface area contributed by atoms with Crippen LogP contribution in [0.25, 0.3) is 11.0 Å². The fraction of sp³-hybridized carbons (Fsp3) is 0.105. The van der Waals surface area contributed by atoms with Gasteiger partial charge in [-0.2, -0.15) is 4.98 Å². The van der Waals surface area contributed by atoms with Crippen LogP contribution in [0.15, 0.2) is 61.2 Å². The van der Waals surface area contributed by atoms with Crippen molar-refractivity contribution < 1.29 is 14.3 Å². The molecule has 0 atom stereocenters. The summed E-state index contributed by atoms with van der Waals surface area (Å²) in [5, 5.41) is 3.62. The maximum Gasteiger partial charge on any atom is 0.256 e. The predicted molar refractivity (Wildman–Crippen MR) is 96.2 cm³/mol. The Hall–Kier alpha value is -3.41. The maximum atomic E-state index is 12.3. The van der Waals surface area contributed by atoms with Gasteiger partial charge < -0.3 is 14.8 Å². The summed E-state index contributed by atoms with van der Waals surface area (Å²) in [5.41, 5.74) is 1.01. The zero-order chi connectivity index (χ0) is 17.6. The average Bonchev–Trinajstić information content (AvgIpc) is 2.66. The van der Waals surface area contributed by atoms with Gasteiger partial charge in [0.05, 0.1) is 7.11 Å². The molecule has 0 aliphatic carbocycles. The summed E-state index contributed by atoms with van der Waals surface area (Å²) in [6.45, 7) is 3.97. The standard InChI is InChI=1S/C19H17N3O3/c1-3-12-25-17-11-7-13-6-10-16(20-18(13)22-17)21-19(23)14-4-8-15(24-2)9-5-14/h3-11H,1,12H2,2H3,(H,20,21,22,23). The minimum absolute atomic E-state index is 0.256. The molecule has 0 spiro atoms. The Balaban J connectivity index is 1.79. The molecule has 0 saturated heterocycles. The van der Waals surface area contributed by atoms with E-state index in [1.807, 2.05) is 12.1 Å². The van der Waals surface area contributed by atoms with Gasteiger partial charge in [-0.1, -0.05) is 12.7 Å². The third-order valence-electron chi connectivity index (χ3n) is 3.47. The van der Waals surface area contributed by atoms with Gasteiger partial charge in [0.25, 0.3) is 5.91 Å². The fourth-order valence-electron chi connectivity index (χ4n) is 2.21. The summed E-state index contributed by atoms with van der Waals surface area (Å²) in [6, 6.07) is 14.0. The van der Waals surface area contributed by atoms with Crippen LogP contribution in [0.3, 0.4) is 0 Å². The lowest BCUT2D eigenvalue weighted by Crippen LogP contribution is -2.13. The molecule has 2 aromatic heterocycles. The Morgan fingerprint density at radius 1 is 1.12 bits per heavy atom. The molecule has 0 fully saturated rings. The minimum Gasteiger partial charge on any atom is -0.497 e. The third-order valence-corrected chi connectivity index (χ3v) is 3.47. The van der Waals surface area contributed by atoms with E-state index >= 15 is 0 Å². The maximum absolute atomic E-state index is 12.3. The molecule has 6 heteroatoms. The highest BCUT2D eigenvalue weighted by Crippen LogP contribution is 2.18. The molecule has 0 aliphatic rings. The quantitative estimate of drug-likeness (QED) is 0.698. The Morgan fingerprint density at radius 2 is 1.88 bits per heavy atom. The summed E-state index contributed by atoms with van der Waals surface area (Å²) in [4.78, 5) is 21.0. The molecule has 0 saturated carbocycles. The number of methoxy groups -OCH3 is 1. The molecule has 0 unspecified atom stereocenters. The number of fused-ring (bicyclic) bond motifs is 1. The average molecular weight is 335 g/mol. The summed E-state index contributed by atoms with van der Waals surface area (Å²) >= 11 is 0. The monoisotopic (exact) mass is 335 g/mol. The summed E-state index contributed by atoms with van der Waals surface area (Å²) < 4.78 is 10.5. The molecule has 1 amide bonds. The van der Waals surface area contributed by atoms with E-state index < -0.39 is 0 Å². The van der Waals surface area contributed by atoms with Crippen molar-refractivity contribution in [3.05, 3.63) is 66.7 Å². The highest BCUT2D eigenvalue weighted by atomic mass is 16.5. The zero-order valence-corrected chi connectivity index (χ0v) is 13.7. The molecular formula is C19H17N3O3. The molecule has 25 heavy (non-hydrogen) atoms. The van der Waals surface area contributed by atoms with Crippen molar-refractivity contribution in [3.8, 4) is 11.6 Å². The Labute approximate surface area is 145 Å². The lowest BCUT2D eigenvalue weighted by atomic mass is 10.2. The van der Waals surface area contributed by atoms with E-state index in [0.717, 1.165) is 5.39 Å². The van der Waals surface area contributed by atoms with E-state index in [9.17, 15) is 4.79 Å². The first-order chi connectivity index (χ1) is 12.2. The molecule has 6 nitrogen and oxygen atoms in total. The third kappa shape index (κ3) is 3.92. The van der Waals surface area contributed by atoms with E-state index in [4.69, 9.17) is 9.47 Å². The van der Waals surface area contributed by atoms with E-state index in [-0.39, 0.29) is 5.91 Å². The van der Waals surface area contributed by atoms with Crippen molar-refractivity contribution in [3.63, 3.8) is 0 Å². The molecule has 0 aliphatic heterocycles. The molecule has 3 rings (SSSR count). The van der Waals surface area contributed by atoms with E-state index in [2.05, 4.69) is 21.9 Å². The van der Waals surface area contributed by atoms with Crippen LogP contribution >= 0.6 is 0 Å². The molecule has 0 radical (unpaired) electrons. The number of nitrogens with one attached hydrogen (secondary N) is 1. The van der Waals surface area contributed by atoms with Gasteiger partial charge in [0.1, 0.15) is 18.2 Å². The highest BCUT2D eigenvalue weighted by Gasteiger charge is 2.08. The molecule has 0 bridgehead atoms. The SMILES string of the molecule is C=CCOc1ccc2ccc(NC(=O)c3ccc(OC)cc3)nc2n1. The summed E-state index contributed by atoms with van der Waals surface area (Å²) in [5.74, 6) is 1.31. The van der Waals surface area contributed by atoms with Crippen LogP contribution in [-0.2, 0) is 0 Å². The van der Waals surface area contributed by atoms with E-state index in [0.29, 0.717) is 35.3 Å². The highest BCUT2D eigenvalue weighted by molar-refractivity contribution is 6.04. The molecule has 3 aromatic rings. The molecular weight excluding hydrogens is 318 g/mol. The number of benzene rings is 1. The van der Waals surface area contributed by atoms with Crippen molar-refractivity contribution in [2.24, 2.45) is 0 Å². The fourth-order valence-corrected chi connectivity index (χ4v) is 2.21. The van der Waals surface area contributed by atoms with Crippen LogP contribution in [0.1, 0.15) is 10.4 Å². The lowest BCUT2D eigenvalue weighted by Gasteiger charge is -2.07. The molecule has 2 heterocycles. The first-order valence-electron chi connectivity index (χ1n) is 7.66. The Bertz CT molecular complexity index is 907. The number of pyridine rings is 2. The first-order valence-corrected chi connectivity index (χ1v) is 7.66. The van der Waals surface area contributed by atoms with Crippen LogP contribution in [0.2, 0.25) is 0 Å². The number of carbonyl (C=O) groups is 1. The summed E-state index contributed by atoms with van der Waals surface area (Å²) in [7, 11) is 1.58. The Kier molecular flexibility index (Phi) is 4.89. The van der Waals surface area contributed by atoms with Crippen LogP contribution in [-0.4, -0.2) is 29.6 Å². The largest absolute Gasteiger partial charge is 0.497 e. The van der Waals surface area contributed by atoms with Crippen molar-refractivity contribution in [2.75, 3.05) is 19.0 Å². The number of hydrogen-bond donors (Lipinski definition) is 1. The predicted octanol–water partition coefficient (Wildman–Crippen LogP) is 3.46. The minimum atomic E-state index is -0.256. The summed E-state index contributed by atoms with van der Waals surface area (Å²) in [6.07, 6.45) is 1.64. The van der Waals surface area contributed by atoms with Crippen LogP contribution in [0.4, 0.5) is 5.82 Å². The number of hydrogen-bond acceptors (Lipinski definition) is 5. The molecule has 1 aromatic carbocycles. The van der Waals surface area contributed by atoms with Gasteiger partial charge in [-0.25, -0.2) is 4.98 Å². The number of nitrogens with zero attached hydrogens (tertiary/aromatic N) is 2. The number of ether oxygens (including phenoxy) is 2. The second-order valence-electron chi connectivity index (χ2n) is 5.18. The van der Waals surface area contributed by atoms with Crippen molar-refractivity contribution in [2.45, 2.75) is 0 Å². The lowest BCUT2D eigenvalue weighted by molar-refractivity contribution is 0.102. The van der Waals surface area contributed by atoms with Crippen molar-refractivity contribution >= 4 is 22.8 Å². The molecule has 126 valence electrons. The number of carbonyl (C=O) groups excluding carboxylic acids is 1. The van der Waals surface area contributed by atoms with Gasteiger partial charge in [-0.05, 0) is 42.5 Å². The van der Waals surface area contributed by atoms with Gasteiger partial charge >= 0.3 is 0 Å². The smallest absolute Gasteiger partial charge is 0.256 e. The van der Waals surface area contributed by atoms with Gasteiger partial charge in [0.2, 0.25) is 5.88 Å².